The van der Waals surface area contributed by atoms with Crippen molar-refractivity contribution in [1.82, 2.24) is 0 Å². The maximum absolute atomic E-state index is 4.58. The van der Waals surface area contributed by atoms with Crippen molar-refractivity contribution in [3.8, 4) is 0 Å². The summed E-state index contributed by atoms with van der Waals surface area (Å²) in [5, 5.41) is 0. The van der Waals surface area contributed by atoms with Gasteiger partial charge in [-0.05, 0) is 55.4 Å². The molecular weight excluding hydrogens is 172 g/mol. The number of hydrogen-bond donors (Lipinski definition) is 0. The van der Waals surface area contributed by atoms with Crippen LogP contribution in [0, 0.1) is 0 Å². The highest BCUT2D eigenvalue weighted by molar-refractivity contribution is 6.40. The zero-order chi connectivity index (χ0) is 11.6. The van der Waals surface area contributed by atoms with Gasteiger partial charge in [0.2, 0.25) is 0 Å². The van der Waals surface area contributed by atoms with Crippen LogP contribution in [0.1, 0.15) is 55.4 Å². The summed E-state index contributed by atoms with van der Waals surface area (Å²) in [4.78, 5) is 9.16. The molecule has 0 spiro atoms. The molecule has 14 heavy (non-hydrogen) atoms. The lowest BCUT2D eigenvalue weighted by Gasteiger charge is -2.17. The maximum Gasteiger partial charge on any atom is 0.0531 e. The van der Waals surface area contributed by atoms with Crippen LogP contribution in [0.25, 0.3) is 0 Å². The van der Waals surface area contributed by atoms with E-state index in [2.05, 4.69) is 51.5 Å². The Morgan fingerprint density at radius 2 is 0.857 bits per heavy atom. The van der Waals surface area contributed by atoms with Crippen LogP contribution in [0.5, 0.6) is 0 Å². The Balaban J connectivity index is 4.81. The van der Waals surface area contributed by atoms with Gasteiger partial charge in [0.15, 0.2) is 0 Å². The van der Waals surface area contributed by atoms with E-state index in [4.69, 9.17) is 0 Å². The van der Waals surface area contributed by atoms with Gasteiger partial charge in [0, 0.05) is 0 Å². The minimum Gasteiger partial charge on any atom is -0.282 e. The van der Waals surface area contributed by atoms with E-state index in [1.165, 1.54) is 0 Å². The normalized spacial score (nSPS) is 16.0. The highest BCUT2D eigenvalue weighted by Crippen LogP contribution is 2.10. The summed E-state index contributed by atoms with van der Waals surface area (Å²) in [6, 6.07) is 0. The van der Waals surface area contributed by atoms with Gasteiger partial charge in [0.05, 0.1) is 22.5 Å². The molecule has 0 N–H and O–H groups in total. The first kappa shape index (κ1) is 13.3. The highest BCUT2D eigenvalue weighted by atomic mass is 14.9. The Bertz CT molecular complexity index is 218. The quantitative estimate of drug-likeness (QED) is 0.573. The summed E-state index contributed by atoms with van der Waals surface area (Å²) in [7, 11) is 0. The topological polar surface area (TPSA) is 24.7 Å². The Hall–Kier alpha value is -0.660. The highest BCUT2D eigenvalue weighted by Gasteiger charge is 2.11. The molecule has 82 valence electrons. The molecule has 2 heteroatoms. The lowest BCUT2D eigenvalue weighted by atomic mass is 10.1. The number of hydrogen-bond acceptors (Lipinski definition) is 2. The second-order valence-electron chi connectivity index (χ2n) is 5.74. The summed E-state index contributed by atoms with van der Waals surface area (Å²) in [5.41, 5.74) is 2.04. The van der Waals surface area contributed by atoms with Crippen LogP contribution in [0.4, 0.5) is 0 Å². The predicted octanol–water partition coefficient (Wildman–Crippen LogP) is 3.51. The van der Waals surface area contributed by atoms with Crippen molar-refractivity contribution >= 4 is 11.4 Å². The van der Waals surface area contributed by atoms with E-state index in [9.17, 15) is 0 Å². The smallest absolute Gasteiger partial charge is 0.0531 e. The third kappa shape index (κ3) is 6.81. The SMILES string of the molecule is CC(=N/C(C)(C)C)/C(C)=N\C(C)(C)C. The van der Waals surface area contributed by atoms with Gasteiger partial charge in [0.25, 0.3) is 0 Å². The standard InChI is InChI=1S/C12H24N2/c1-9(13-11(3,4)5)10(2)14-12(6,7)8/h1-8H3/b13-9-,14-10-. The third-order valence-corrected chi connectivity index (χ3v) is 1.53. The van der Waals surface area contributed by atoms with Crippen molar-refractivity contribution in [2.75, 3.05) is 0 Å². The minimum absolute atomic E-state index is 0.0151. The van der Waals surface area contributed by atoms with Crippen LogP contribution in [-0.4, -0.2) is 22.5 Å². The van der Waals surface area contributed by atoms with Crippen molar-refractivity contribution in [3.63, 3.8) is 0 Å². The first-order valence-corrected chi connectivity index (χ1v) is 5.14. The van der Waals surface area contributed by atoms with E-state index in [1.54, 1.807) is 0 Å². The molecule has 0 aliphatic heterocycles. The van der Waals surface area contributed by atoms with Crippen LogP contribution in [-0.2, 0) is 0 Å². The molecule has 0 saturated carbocycles. The minimum atomic E-state index is -0.0151. The van der Waals surface area contributed by atoms with Gasteiger partial charge in [-0.1, -0.05) is 0 Å². The third-order valence-electron chi connectivity index (χ3n) is 1.53. The van der Waals surface area contributed by atoms with E-state index >= 15 is 0 Å². The lowest BCUT2D eigenvalue weighted by Crippen LogP contribution is -2.20. The summed E-state index contributed by atoms with van der Waals surface area (Å²) >= 11 is 0. The largest absolute Gasteiger partial charge is 0.282 e. The average Bonchev–Trinajstić information content (AvgIpc) is 1.78. The summed E-state index contributed by atoms with van der Waals surface area (Å²) in [6.07, 6.45) is 0. The molecule has 0 unspecified atom stereocenters. The van der Waals surface area contributed by atoms with Gasteiger partial charge < -0.3 is 0 Å². The molecule has 0 aliphatic rings. The zero-order valence-corrected chi connectivity index (χ0v) is 10.9. The van der Waals surface area contributed by atoms with Crippen molar-refractivity contribution in [3.05, 3.63) is 0 Å². The van der Waals surface area contributed by atoms with E-state index in [1.807, 2.05) is 13.8 Å². The van der Waals surface area contributed by atoms with Gasteiger partial charge in [-0.25, -0.2) is 0 Å². The molecule has 0 bridgehead atoms. The molecule has 0 saturated heterocycles. The van der Waals surface area contributed by atoms with Crippen LogP contribution in [0.15, 0.2) is 9.98 Å². The molecule has 0 aromatic rings. The summed E-state index contributed by atoms with van der Waals surface area (Å²) in [5.74, 6) is 0. The lowest BCUT2D eigenvalue weighted by molar-refractivity contribution is 0.578. The molecule has 0 amide bonds. The molecule has 0 rings (SSSR count). The Kier molecular flexibility index (Phi) is 4.04. The molecule has 0 heterocycles. The van der Waals surface area contributed by atoms with Crippen molar-refractivity contribution in [2.24, 2.45) is 9.98 Å². The molecule has 0 aromatic carbocycles. The number of rotatable bonds is 1. The van der Waals surface area contributed by atoms with Gasteiger partial charge in [-0.2, -0.15) is 0 Å². The Labute approximate surface area is 88.5 Å². The molecule has 0 atom stereocenters. The fraction of sp³-hybridized carbons (Fsp3) is 0.833. The molecular formula is C12H24N2. The van der Waals surface area contributed by atoms with E-state index in [-0.39, 0.29) is 11.1 Å². The van der Waals surface area contributed by atoms with Gasteiger partial charge in [0.1, 0.15) is 0 Å². The van der Waals surface area contributed by atoms with E-state index < -0.39 is 0 Å². The molecule has 2 nitrogen and oxygen atoms in total. The maximum atomic E-state index is 4.58. The van der Waals surface area contributed by atoms with Crippen molar-refractivity contribution in [1.29, 1.82) is 0 Å². The van der Waals surface area contributed by atoms with Crippen molar-refractivity contribution in [2.45, 2.75) is 66.5 Å². The molecule has 0 aliphatic carbocycles. The zero-order valence-electron chi connectivity index (χ0n) is 10.9. The molecule has 0 fully saturated rings. The summed E-state index contributed by atoms with van der Waals surface area (Å²) < 4.78 is 0. The molecule has 0 aromatic heterocycles. The van der Waals surface area contributed by atoms with E-state index in [0.717, 1.165) is 11.4 Å². The van der Waals surface area contributed by atoms with Gasteiger partial charge in [-0.3, -0.25) is 9.98 Å². The fourth-order valence-electron chi connectivity index (χ4n) is 1.17. The van der Waals surface area contributed by atoms with Gasteiger partial charge in [-0.15, -0.1) is 0 Å². The Morgan fingerprint density at radius 3 is 1.00 bits per heavy atom. The number of nitrogens with zero attached hydrogens (tertiary/aromatic N) is 2. The van der Waals surface area contributed by atoms with Crippen LogP contribution < -0.4 is 0 Å². The van der Waals surface area contributed by atoms with Crippen molar-refractivity contribution < 1.29 is 0 Å². The van der Waals surface area contributed by atoms with Crippen LogP contribution in [0.3, 0.4) is 0 Å². The molecule has 0 radical (unpaired) electrons. The second-order valence-corrected chi connectivity index (χ2v) is 5.74. The second kappa shape index (κ2) is 4.24. The fourth-order valence-corrected chi connectivity index (χ4v) is 1.17. The average molecular weight is 196 g/mol. The van der Waals surface area contributed by atoms with Crippen LogP contribution >= 0.6 is 0 Å². The number of aliphatic imine (C=N–C) groups is 2. The monoisotopic (exact) mass is 196 g/mol. The summed E-state index contributed by atoms with van der Waals surface area (Å²) in [6.45, 7) is 16.6. The van der Waals surface area contributed by atoms with E-state index in [0.29, 0.717) is 0 Å². The predicted molar refractivity (Wildman–Crippen MR) is 65.7 cm³/mol. The Morgan fingerprint density at radius 1 is 0.643 bits per heavy atom. The van der Waals surface area contributed by atoms with Gasteiger partial charge >= 0.3 is 0 Å². The first-order chi connectivity index (χ1) is 6.01. The van der Waals surface area contributed by atoms with Crippen LogP contribution in [0.2, 0.25) is 0 Å². The first-order valence-electron chi connectivity index (χ1n) is 5.14.